The molecular weight excluding hydrogens is 336 g/mol. The summed E-state index contributed by atoms with van der Waals surface area (Å²) >= 11 is 0. The van der Waals surface area contributed by atoms with Crippen molar-refractivity contribution in [2.75, 3.05) is 31.1 Å². The van der Waals surface area contributed by atoms with Gasteiger partial charge in [-0.3, -0.25) is 0 Å². The van der Waals surface area contributed by atoms with Crippen LogP contribution in [0, 0.1) is 6.92 Å². The van der Waals surface area contributed by atoms with Crippen LogP contribution in [-0.4, -0.2) is 58.3 Å². The van der Waals surface area contributed by atoms with E-state index in [2.05, 4.69) is 33.0 Å². The molecule has 0 amide bonds. The van der Waals surface area contributed by atoms with E-state index in [0.29, 0.717) is 6.04 Å². The number of nitrogens with zero attached hydrogens (tertiary/aromatic N) is 4. The van der Waals surface area contributed by atoms with Crippen molar-refractivity contribution in [2.45, 2.75) is 51.2 Å². The van der Waals surface area contributed by atoms with Gasteiger partial charge in [-0.05, 0) is 45.6 Å². The lowest BCUT2D eigenvalue weighted by atomic mass is 10.0. The summed E-state index contributed by atoms with van der Waals surface area (Å²) in [7, 11) is 0. The van der Waals surface area contributed by atoms with Crippen LogP contribution < -0.4 is 4.90 Å². The molecule has 3 heterocycles. The van der Waals surface area contributed by atoms with Crippen LogP contribution in [0.25, 0.3) is 11.4 Å². The molecule has 144 valence electrons. The van der Waals surface area contributed by atoms with Gasteiger partial charge in [-0.25, -0.2) is 9.97 Å². The normalized spacial score (nSPS) is 22.6. The number of aryl methyl sites for hydroxylation is 1. The number of hydrogen-bond donors (Lipinski definition) is 1. The molecule has 2 saturated heterocycles. The van der Waals surface area contributed by atoms with Crippen molar-refractivity contribution >= 4 is 5.82 Å². The maximum atomic E-state index is 9.89. The Bertz CT molecular complexity index is 743. The number of benzene rings is 1. The van der Waals surface area contributed by atoms with Gasteiger partial charge in [0, 0.05) is 43.0 Å². The molecule has 27 heavy (non-hydrogen) atoms. The number of aliphatic hydroxyl groups is 1. The zero-order chi connectivity index (χ0) is 18.6. The van der Waals surface area contributed by atoms with Crippen LogP contribution in [0.1, 0.15) is 37.8 Å². The third kappa shape index (κ3) is 4.47. The van der Waals surface area contributed by atoms with Crippen LogP contribution in [0.5, 0.6) is 0 Å². The molecule has 5 heteroatoms. The maximum absolute atomic E-state index is 9.89. The van der Waals surface area contributed by atoms with Gasteiger partial charge in [0.25, 0.3) is 0 Å². The summed E-state index contributed by atoms with van der Waals surface area (Å²) in [4.78, 5) is 14.5. The summed E-state index contributed by atoms with van der Waals surface area (Å²) in [6.07, 6.45) is 5.23. The fraction of sp³-hybridized carbons (Fsp3) is 0.545. The Morgan fingerprint density at radius 3 is 2.48 bits per heavy atom. The monoisotopic (exact) mass is 366 g/mol. The summed E-state index contributed by atoms with van der Waals surface area (Å²) in [5.74, 6) is 1.86. The minimum atomic E-state index is -0.101. The Morgan fingerprint density at radius 2 is 1.70 bits per heavy atom. The fourth-order valence-electron chi connectivity index (χ4n) is 4.36. The zero-order valence-corrected chi connectivity index (χ0v) is 16.2. The average molecular weight is 367 g/mol. The van der Waals surface area contributed by atoms with Gasteiger partial charge in [-0.1, -0.05) is 30.3 Å². The van der Waals surface area contributed by atoms with E-state index >= 15 is 0 Å². The first-order valence-corrected chi connectivity index (χ1v) is 10.3. The van der Waals surface area contributed by atoms with Crippen molar-refractivity contribution < 1.29 is 5.11 Å². The van der Waals surface area contributed by atoms with Gasteiger partial charge in [0.2, 0.25) is 0 Å². The van der Waals surface area contributed by atoms with Crippen molar-refractivity contribution in [1.29, 1.82) is 0 Å². The maximum Gasteiger partial charge on any atom is 0.161 e. The zero-order valence-electron chi connectivity index (χ0n) is 16.2. The molecule has 1 atom stereocenters. The van der Waals surface area contributed by atoms with Gasteiger partial charge < -0.3 is 14.9 Å². The molecule has 0 aliphatic carbocycles. The van der Waals surface area contributed by atoms with E-state index in [-0.39, 0.29) is 6.10 Å². The van der Waals surface area contributed by atoms with E-state index in [1.807, 2.05) is 25.1 Å². The van der Waals surface area contributed by atoms with Crippen molar-refractivity contribution in [3.05, 3.63) is 42.1 Å². The summed E-state index contributed by atoms with van der Waals surface area (Å²) in [5.41, 5.74) is 2.09. The Hall–Kier alpha value is -1.98. The second kappa shape index (κ2) is 8.36. The lowest BCUT2D eigenvalue weighted by Crippen LogP contribution is -2.45. The molecule has 0 spiro atoms. The number of aliphatic hydroxyl groups excluding tert-OH is 1. The third-order valence-electron chi connectivity index (χ3n) is 5.91. The van der Waals surface area contributed by atoms with Crippen molar-refractivity contribution in [3.8, 4) is 11.4 Å². The second-order valence-corrected chi connectivity index (χ2v) is 7.90. The highest BCUT2D eigenvalue weighted by atomic mass is 16.3. The molecule has 4 rings (SSSR count). The van der Waals surface area contributed by atoms with Gasteiger partial charge in [0.1, 0.15) is 5.82 Å². The molecule has 2 aliphatic rings. The molecule has 1 aromatic carbocycles. The first-order chi connectivity index (χ1) is 13.2. The lowest BCUT2D eigenvalue weighted by molar-refractivity contribution is 0.140. The Kier molecular flexibility index (Phi) is 5.69. The summed E-state index contributed by atoms with van der Waals surface area (Å²) in [5, 5.41) is 9.89. The fourth-order valence-corrected chi connectivity index (χ4v) is 4.36. The predicted molar refractivity (Wildman–Crippen MR) is 109 cm³/mol. The Balaban J connectivity index is 1.43. The predicted octanol–water partition coefficient (Wildman–Crippen LogP) is 3.27. The molecule has 0 bridgehead atoms. The van der Waals surface area contributed by atoms with Gasteiger partial charge >= 0.3 is 0 Å². The highest BCUT2D eigenvalue weighted by Gasteiger charge is 2.27. The van der Waals surface area contributed by atoms with Crippen LogP contribution >= 0.6 is 0 Å². The number of aromatic nitrogens is 2. The molecule has 0 saturated carbocycles. The number of rotatable bonds is 3. The molecule has 1 aromatic heterocycles. The molecule has 2 fully saturated rings. The van der Waals surface area contributed by atoms with Crippen LogP contribution in [0.2, 0.25) is 0 Å². The van der Waals surface area contributed by atoms with E-state index in [1.54, 1.807) is 0 Å². The van der Waals surface area contributed by atoms with Crippen LogP contribution in [0.4, 0.5) is 5.82 Å². The molecule has 5 nitrogen and oxygen atoms in total. The van der Waals surface area contributed by atoms with E-state index < -0.39 is 0 Å². The van der Waals surface area contributed by atoms with Crippen molar-refractivity contribution in [3.63, 3.8) is 0 Å². The summed E-state index contributed by atoms with van der Waals surface area (Å²) in [6, 6.07) is 13.0. The third-order valence-corrected chi connectivity index (χ3v) is 5.91. The molecule has 0 radical (unpaired) electrons. The standard InChI is InChI=1S/C22H30N4O/c1-17-16-21(24-22(23-17)18-6-3-2-4-7-18)26-13-9-19(10-14-26)25-12-5-8-20(27)11-15-25/h2-4,6-7,16,19-20,27H,5,8-15H2,1H3/t20-/m0/s1. The largest absolute Gasteiger partial charge is 0.393 e. The molecule has 2 aromatic rings. The smallest absolute Gasteiger partial charge is 0.161 e. The van der Waals surface area contributed by atoms with Gasteiger partial charge in [0.15, 0.2) is 5.82 Å². The van der Waals surface area contributed by atoms with Crippen molar-refractivity contribution in [1.82, 2.24) is 14.9 Å². The Morgan fingerprint density at radius 1 is 0.926 bits per heavy atom. The molecule has 1 N–H and O–H groups in total. The van der Waals surface area contributed by atoms with E-state index in [0.717, 1.165) is 68.3 Å². The van der Waals surface area contributed by atoms with E-state index in [9.17, 15) is 5.11 Å². The van der Waals surface area contributed by atoms with E-state index in [4.69, 9.17) is 4.98 Å². The SMILES string of the molecule is Cc1cc(N2CCC(N3CCC[C@H](O)CC3)CC2)nc(-c2ccccc2)n1. The number of piperidine rings is 1. The average Bonchev–Trinajstić information content (AvgIpc) is 2.93. The minimum Gasteiger partial charge on any atom is -0.393 e. The summed E-state index contributed by atoms with van der Waals surface area (Å²) < 4.78 is 0. The Labute approximate surface area is 162 Å². The number of hydrogen-bond acceptors (Lipinski definition) is 5. The second-order valence-electron chi connectivity index (χ2n) is 7.90. The highest BCUT2D eigenvalue weighted by Crippen LogP contribution is 2.25. The molecular formula is C22H30N4O. The highest BCUT2D eigenvalue weighted by molar-refractivity contribution is 5.57. The van der Waals surface area contributed by atoms with Crippen LogP contribution in [0.15, 0.2) is 36.4 Å². The van der Waals surface area contributed by atoms with Gasteiger partial charge in [-0.2, -0.15) is 0 Å². The molecule has 2 aliphatic heterocycles. The van der Waals surface area contributed by atoms with E-state index in [1.165, 1.54) is 12.8 Å². The van der Waals surface area contributed by atoms with Crippen LogP contribution in [0.3, 0.4) is 0 Å². The summed E-state index contributed by atoms with van der Waals surface area (Å²) in [6.45, 7) is 6.29. The topological polar surface area (TPSA) is 52.5 Å². The van der Waals surface area contributed by atoms with Crippen LogP contribution in [-0.2, 0) is 0 Å². The van der Waals surface area contributed by atoms with Gasteiger partial charge in [0.05, 0.1) is 6.10 Å². The first-order valence-electron chi connectivity index (χ1n) is 10.3. The first kappa shape index (κ1) is 18.4. The minimum absolute atomic E-state index is 0.101. The van der Waals surface area contributed by atoms with Crippen molar-refractivity contribution in [2.24, 2.45) is 0 Å². The number of likely N-dealkylation sites (tertiary alicyclic amines) is 1. The quantitative estimate of drug-likeness (QED) is 0.904. The van der Waals surface area contributed by atoms with Gasteiger partial charge in [-0.15, -0.1) is 0 Å². The lowest BCUT2D eigenvalue weighted by Gasteiger charge is -2.38. The molecule has 0 unspecified atom stereocenters. The number of anilines is 1.